The number of benzene rings is 1. The highest BCUT2D eigenvalue weighted by Crippen LogP contribution is 2.24. The molecule has 2 rings (SSSR count). The van der Waals surface area contributed by atoms with Crippen molar-refractivity contribution in [3.63, 3.8) is 0 Å². The number of halogens is 1. The van der Waals surface area contributed by atoms with Gasteiger partial charge in [-0.05, 0) is 44.0 Å². The maximum Gasteiger partial charge on any atom is 0.0510 e. The van der Waals surface area contributed by atoms with E-state index in [1.165, 1.54) is 11.1 Å². The van der Waals surface area contributed by atoms with Crippen molar-refractivity contribution in [1.82, 2.24) is 5.32 Å². The van der Waals surface area contributed by atoms with Gasteiger partial charge in [0.25, 0.3) is 0 Å². The van der Waals surface area contributed by atoms with E-state index >= 15 is 0 Å². The van der Waals surface area contributed by atoms with Gasteiger partial charge in [0.1, 0.15) is 0 Å². The monoisotopic (exact) mass is 253 g/mol. The molecule has 1 fully saturated rings. The van der Waals surface area contributed by atoms with Crippen LogP contribution in [0.4, 0.5) is 0 Å². The normalized spacial score (nSPS) is 21.7. The molecule has 94 valence electrons. The quantitative estimate of drug-likeness (QED) is 0.891. The maximum atomic E-state index is 6.28. The van der Waals surface area contributed by atoms with E-state index in [-0.39, 0.29) is 0 Å². The maximum absolute atomic E-state index is 6.28. The van der Waals surface area contributed by atoms with Gasteiger partial charge in [-0.25, -0.2) is 0 Å². The highest BCUT2D eigenvalue weighted by atomic mass is 35.5. The molecule has 1 aliphatic rings. The minimum absolute atomic E-state index is 0.456. The van der Waals surface area contributed by atoms with Crippen LogP contribution in [0, 0.1) is 12.8 Å². The fourth-order valence-electron chi connectivity index (χ4n) is 2.43. The second-order valence-electron chi connectivity index (χ2n) is 4.82. The molecule has 0 saturated carbocycles. The molecule has 2 unspecified atom stereocenters. The van der Waals surface area contributed by atoms with E-state index in [2.05, 4.69) is 24.4 Å². The number of likely N-dealkylation sites (N-methyl/N-ethyl adjacent to an activating group) is 1. The van der Waals surface area contributed by atoms with Crippen molar-refractivity contribution in [2.24, 2.45) is 5.92 Å². The van der Waals surface area contributed by atoms with E-state index < -0.39 is 0 Å². The van der Waals surface area contributed by atoms with Gasteiger partial charge in [0.05, 0.1) is 6.61 Å². The molecule has 0 aromatic heterocycles. The summed E-state index contributed by atoms with van der Waals surface area (Å²) in [6.45, 7) is 3.83. The van der Waals surface area contributed by atoms with Crippen molar-refractivity contribution in [3.8, 4) is 0 Å². The van der Waals surface area contributed by atoms with Gasteiger partial charge in [0.2, 0.25) is 0 Å². The first kappa shape index (κ1) is 12.9. The molecule has 1 aliphatic heterocycles. The van der Waals surface area contributed by atoms with E-state index in [0.717, 1.165) is 31.1 Å². The zero-order valence-corrected chi connectivity index (χ0v) is 11.3. The van der Waals surface area contributed by atoms with Crippen molar-refractivity contribution >= 4 is 11.6 Å². The summed E-state index contributed by atoms with van der Waals surface area (Å²) in [6, 6.07) is 6.75. The molecule has 0 bridgehead atoms. The van der Waals surface area contributed by atoms with Crippen LogP contribution in [0.5, 0.6) is 0 Å². The number of hydrogen-bond donors (Lipinski definition) is 1. The molecular weight excluding hydrogens is 234 g/mol. The Morgan fingerprint density at radius 2 is 2.35 bits per heavy atom. The Morgan fingerprint density at radius 1 is 1.53 bits per heavy atom. The van der Waals surface area contributed by atoms with Gasteiger partial charge in [-0.15, -0.1) is 0 Å². The molecule has 0 spiro atoms. The summed E-state index contributed by atoms with van der Waals surface area (Å²) in [5.74, 6) is 0.609. The molecular formula is C14H20ClNO. The lowest BCUT2D eigenvalue weighted by Crippen LogP contribution is -2.36. The smallest absolute Gasteiger partial charge is 0.0510 e. The highest BCUT2D eigenvalue weighted by molar-refractivity contribution is 6.31. The molecule has 3 heteroatoms. The minimum Gasteiger partial charge on any atom is -0.381 e. The minimum atomic E-state index is 0.456. The molecule has 0 amide bonds. The van der Waals surface area contributed by atoms with Gasteiger partial charge in [0, 0.05) is 23.6 Å². The summed E-state index contributed by atoms with van der Waals surface area (Å²) in [6.07, 6.45) is 2.12. The van der Waals surface area contributed by atoms with Crippen LogP contribution in [0.15, 0.2) is 18.2 Å². The van der Waals surface area contributed by atoms with Crippen molar-refractivity contribution in [2.45, 2.75) is 25.8 Å². The Balaban J connectivity index is 2.06. The fraction of sp³-hybridized carbons (Fsp3) is 0.571. The first-order chi connectivity index (χ1) is 8.20. The van der Waals surface area contributed by atoms with E-state index in [1.54, 1.807) is 0 Å². The Morgan fingerprint density at radius 3 is 2.94 bits per heavy atom. The molecule has 0 aliphatic carbocycles. The van der Waals surface area contributed by atoms with Crippen LogP contribution < -0.4 is 5.32 Å². The van der Waals surface area contributed by atoms with Crippen molar-refractivity contribution in [3.05, 3.63) is 34.3 Å². The lowest BCUT2D eigenvalue weighted by atomic mass is 9.92. The third-order valence-electron chi connectivity index (χ3n) is 3.55. The topological polar surface area (TPSA) is 21.3 Å². The predicted octanol–water partition coefficient (Wildman–Crippen LogP) is 2.82. The second-order valence-corrected chi connectivity index (χ2v) is 5.23. The molecule has 1 heterocycles. The summed E-state index contributed by atoms with van der Waals surface area (Å²) >= 11 is 6.28. The summed E-state index contributed by atoms with van der Waals surface area (Å²) in [4.78, 5) is 0. The number of hydrogen-bond acceptors (Lipinski definition) is 2. The highest BCUT2D eigenvalue weighted by Gasteiger charge is 2.25. The van der Waals surface area contributed by atoms with E-state index in [9.17, 15) is 0 Å². The third-order valence-corrected chi connectivity index (χ3v) is 3.90. The number of nitrogens with one attached hydrogen (secondary N) is 1. The molecule has 2 nitrogen and oxygen atoms in total. The van der Waals surface area contributed by atoms with Gasteiger partial charge in [-0.3, -0.25) is 0 Å². The van der Waals surface area contributed by atoms with Crippen LogP contribution in [0.1, 0.15) is 17.5 Å². The zero-order chi connectivity index (χ0) is 12.3. The lowest BCUT2D eigenvalue weighted by Gasteiger charge is -2.22. The molecule has 1 aromatic carbocycles. The average molecular weight is 254 g/mol. The van der Waals surface area contributed by atoms with Crippen LogP contribution in [0.25, 0.3) is 0 Å². The van der Waals surface area contributed by atoms with Crippen LogP contribution >= 0.6 is 11.6 Å². The number of aryl methyl sites for hydroxylation is 1. The first-order valence-corrected chi connectivity index (χ1v) is 6.58. The third kappa shape index (κ3) is 3.21. The Bertz CT molecular complexity index is 374. The van der Waals surface area contributed by atoms with Gasteiger partial charge in [0.15, 0.2) is 0 Å². The first-order valence-electron chi connectivity index (χ1n) is 6.20. The number of rotatable bonds is 4. The fourth-order valence-corrected chi connectivity index (χ4v) is 2.74. The molecule has 1 aromatic rings. The molecule has 0 radical (unpaired) electrons. The Labute approximate surface area is 108 Å². The van der Waals surface area contributed by atoms with Crippen LogP contribution in [0.3, 0.4) is 0 Å². The summed E-state index contributed by atoms with van der Waals surface area (Å²) in [7, 11) is 2.02. The van der Waals surface area contributed by atoms with Gasteiger partial charge in [-0.2, -0.15) is 0 Å². The molecule has 1 N–H and O–H groups in total. The predicted molar refractivity (Wildman–Crippen MR) is 71.7 cm³/mol. The van der Waals surface area contributed by atoms with Gasteiger partial charge >= 0.3 is 0 Å². The molecule has 17 heavy (non-hydrogen) atoms. The lowest BCUT2D eigenvalue weighted by molar-refractivity contribution is 0.177. The largest absolute Gasteiger partial charge is 0.381 e. The molecule has 1 saturated heterocycles. The van der Waals surface area contributed by atoms with Crippen molar-refractivity contribution in [1.29, 1.82) is 0 Å². The van der Waals surface area contributed by atoms with Crippen molar-refractivity contribution in [2.75, 3.05) is 20.3 Å². The Hall–Kier alpha value is -0.570. The van der Waals surface area contributed by atoms with E-state index in [1.807, 2.05) is 13.1 Å². The summed E-state index contributed by atoms with van der Waals surface area (Å²) in [5, 5.41) is 4.27. The second kappa shape index (κ2) is 5.85. The van der Waals surface area contributed by atoms with E-state index in [0.29, 0.717) is 12.0 Å². The SMILES string of the molecule is CNC(Cc1ccc(C)cc1Cl)C1CCOC1. The number of ether oxygens (including phenoxy) is 1. The van der Waals surface area contributed by atoms with Gasteiger partial charge in [-0.1, -0.05) is 23.7 Å². The zero-order valence-electron chi connectivity index (χ0n) is 10.5. The van der Waals surface area contributed by atoms with Crippen LogP contribution in [-0.2, 0) is 11.2 Å². The Kier molecular flexibility index (Phi) is 4.43. The van der Waals surface area contributed by atoms with E-state index in [4.69, 9.17) is 16.3 Å². The standard InChI is InChI=1S/C14H20ClNO/c1-10-3-4-11(13(15)7-10)8-14(16-2)12-5-6-17-9-12/h3-4,7,12,14,16H,5-6,8-9H2,1-2H3. The van der Waals surface area contributed by atoms with Crippen LogP contribution in [-0.4, -0.2) is 26.3 Å². The summed E-state index contributed by atoms with van der Waals surface area (Å²) < 4.78 is 5.45. The molecule has 2 atom stereocenters. The van der Waals surface area contributed by atoms with Crippen LogP contribution in [0.2, 0.25) is 5.02 Å². The average Bonchev–Trinajstić information content (AvgIpc) is 2.81. The van der Waals surface area contributed by atoms with Gasteiger partial charge < -0.3 is 10.1 Å². The van der Waals surface area contributed by atoms with Crippen molar-refractivity contribution < 1.29 is 4.74 Å². The summed E-state index contributed by atoms with van der Waals surface area (Å²) in [5.41, 5.74) is 2.44.